The van der Waals surface area contributed by atoms with E-state index in [1.54, 1.807) is 0 Å². The van der Waals surface area contributed by atoms with Crippen LogP contribution in [0.3, 0.4) is 0 Å². The van der Waals surface area contributed by atoms with E-state index in [4.69, 9.17) is 11.2 Å². The minimum Gasteiger partial charge on any atom is -0.229 e. The van der Waals surface area contributed by atoms with Gasteiger partial charge < -0.3 is 0 Å². The van der Waals surface area contributed by atoms with Crippen LogP contribution in [-0.2, 0) is 0 Å². The molecule has 0 amide bonds. The molecule has 1 aliphatic rings. The number of para-hydroxylation sites is 1. The predicted octanol–water partition coefficient (Wildman–Crippen LogP) is 3.43. The summed E-state index contributed by atoms with van der Waals surface area (Å²) in [6.45, 7) is 2.01. The lowest BCUT2D eigenvalue weighted by atomic mass is 10.3. The Kier molecular flexibility index (Phi) is 2.52. The van der Waals surface area contributed by atoms with Gasteiger partial charge in [0.2, 0.25) is 0 Å². The van der Waals surface area contributed by atoms with Crippen LogP contribution in [0.5, 0.6) is 0 Å². The molecule has 1 aromatic carbocycles. The Morgan fingerprint density at radius 2 is 2.08 bits per heavy atom. The Labute approximate surface area is 83.8 Å². The van der Waals surface area contributed by atoms with Crippen molar-refractivity contribution < 1.29 is 0 Å². The number of hydrogen-bond acceptors (Lipinski definition) is 2. The molecule has 0 aromatic heterocycles. The zero-order valence-electron chi connectivity index (χ0n) is 7.31. The molecule has 0 spiro atoms. The van der Waals surface area contributed by atoms with E-state index in [-0.39, 0.29) is 0 Å². The molecule has 0 N–H and O–H groups in total. The molecule has 68 valence electrons. The minimum absolute atomic E-state index is 0.642. The van der Waals surface area contributed by atoms with Crippen LogP contribution in [0, 0.1) is 0 Å². The highest BCUT2D eigenvalue weighted by Crippen LogP contribution is 2.51. The first-order valence-corrected chi connectivity index (χ1v) is 6.48. The lowest BCUT2D eigenvalue weighted by molar-refractivity contribution is 1.21. The second kappa shape index (κ2) is 3.65. The molecule has 1 heterocycles. The summed E-state index contributed by atoms with van der Waals surface area (Å²) in [6.07, 6.45) is 0.909. The van der Waals surface area contributed by atoms with Crippen molar-refractivity contribution in [3.8, 4) is 0 Å². The molecule has 1 aromatic rings. The van der Waals surface area contributed by atoms with Crippen molar-refractivity contribution in [3.63, 3.8) is 0 Å². The van der Waals surface area contributed by atoms with Gasteiger partial charge in [-0.2, -0.15) is 5.10 Å². The molecule has 1 unspecified atom stereocenters. The lowest BCUT2D eigenvalue weighted by Crippen LogP contribution is -2.01. The summed E-state index contributed by atoms with van der Waals surface area (Å²) in [4.78, 5) is 0. The third-order valence-electron chi connectivity index (χ3n) is 1.82. The van der Waals surface area contributed by atoms with Gasteiger partial charge in [-0.05, 0) is 19.1 Å². The Morgan fingerprint density at radius 1 is 1.38 bits per heavy atom. The number of nitrogens with zero attached hydrogens (tertiary/aromatic N) is 2. The van der Waals surface area contributed by atoms with Crippen molar-refractivity contribution in [2.45, 2.75) is 6.92 Å². The standard InChI is InChI=1S/C9H10ClN2P/c1-8-7-13(10)12(11-8)9-5-3-2-4-6-9/h2-6H,7H2,1H3. The molecule has 2 nitrogen and oxygen atoms in total. The normalized spacial score (nSPS) is 21.8. The topological polar surface area (TPSA) is 15.6 Å². The highest BCUT2D eigenvalue weighted by molar-refractivity contribution is 7.86. The van der Waals surface area contributed by atoms with Crippen LogP contribution in [-0.4, -0.2) is 11.9 Å². The average Bonchev–Trinajstić information content (AvgIpc) is 2.47. The Bertz CT molecular complexity index is 326. The van der Waals surface area contributed by atoms with Gasteiger partial charge in [-0.15, -0.1) is 0 Å². The van der Waals surface area contributed by atoms with Crippen LogP contribution in [0.25, 0.3) is 0 Å². The molecule has 1 aliphatic heterocycles. The predicted molar refractivity (Wildman–Crippen MR) is 59.7 cm³/mol. The quantitative estimate of drug-likeness (QED) is 0.652. The van der Waals surface area contributed by atoms with Crippen molar-refractivity contribution in [2.24, 2.45) is 5.10 Å². The van der Waals surface area contributed by atoms with Crippen molar-refractivity contribution in [1.82, 2.24) is 0 Å². The van der Waals surface area contributed by atoms with E-state index in [2.05, 4.69) is 5.10 Å². The molecule has 1 atom stereocenters. The van der Waals surface area contributed by atoms with E-state index < -0.39 is 7.43 Å². The third kappa shape index (κ3) is 1.84. The number of hydrazone groups is 1. The van der Waals surface area contributed by atoms with Crippen LogP contribution in [0.15, 0.2) is 35.4 Å². The SMILES string of the molecule is CC1=NN(c2ccccc2)P(Cl)C1. The maximum Gasteiger partial charge on any atom is 0.119 e. The fraction of sp³-hybridized carbons (Fsp3) is 0.222. The van der Waals surface area contributed by atoms with Gasteiger partial charge in [-0.1, -0.05) is 29.4 Å². The molecular weight excluding hydrogens is 203 g/mol. The second-order valence-corrected chi connectivity index (χ2v) is 5.49. The van der Waals surface area contributed by atoms with Crippen molar-refractivity contribution in [3.05, 3.63) is 30.3 Å². The van der Waals surface area contributed by atoms with E-state index in [1.807, 2.05) is 42.0 Å². The largest absolute Gasteiger partial charge is 0.229 e. The Balaban J connectivity index is 2.27. The van der Waals surface area contributed by atoms with E-state index in [9.17, 15) is 0 Å². The molecule has 0 saturated carbocycles. The van der Waals surface area contributed by atoms with E-state index in [0.29, 0.717) is 0 Å². The fourth-order valence-corrected chi connectivity index (χ4v) is 3.33. The molecule has 0 radical (unpaired) electrons. The molecule has 0 fully saturated rings. The molecule has 0 bridgehead atoms. The highest BCUT2D eigenvalue weighted by atomic mass is 35.7. The molecule has 2 rings (SSSR count). The van der Waals surface area contributed by atoms with Gasteiger partial charge in [0.15, 0.2) is 0 Å². The lowest BCUT2D eigenvalue weighted by Gasteiger charge is -2.17. The zero-order chi connectivity index (χ0) is 9.26. The van der Waals surface area contributed by atoms with Gasteiger partial charge in [0, 0.05) is 11.9 Å². The van der Waals surface area contributed by atoms with Gasteiger partial charge in [-0.25, -0.2) is 4.78 Å². The second-order valence-electron chi connectivity index (χ2n) is 2.95. The Morgan fingerprint density at radius 3 is 2.62 bits per heavy atom. The van der Waals surface area contributed by atoms with Crippen LogP contribution in [0.1, 0.15) is 6.92 Å². The van der Waals surface area contributed by atoms with Crippen LogP contribution in [0.2, 0.25) is 0 Å². The van der Waals surface area contributed by atoms with Crippen molar-refractivity contribution >= 4 is 30.1 Å². The molecular formula is C9H10ClN2P. The van der Waals surface area contributed by atoms with Gasteiger partial charge in [0.1, 0.15) is 7.43 Å². The van der Waals surface area contributed by atoms with E-state index in [1.165, 1.54) is 0 Å². The van der Waals surface area contributed by atoms with Gasteiger partial charge in [-0.3, -0.25) is 0 Å². The summed E-state index contributed by atoms with van der Waals surface area (Å²) in [5.74, 6) is 0. The summed E-state index contributed by atoms with van der Waals surface area (Å²) in [7, 11) is -0.642. The van der Waals surface area contributed by atoms with E-state index >= 15 is 0 Å². The summed E-state index contributed by atoms with van der Waals surface area (Å²) in [5, 5.41) is 4.39. The molecule has 4 heteroatoms. The number of halogens is 1. The van der Waals surface area contributed by atoms with Gasteiger partial charge in [0.05, 0.1) is 5.69 Å². The molecule has 0 saturated heterocycles. The first-order chi connectivity index (χ1) is 6.27. The van der Waals surface area contributed by atoms with Gasteiger partial charge in [0.25, 0.3) is 0 Å². The number of anilines is 1. The van der Waals surface area contributed by atoms with E-state index in [0.717, 1.165) is 17.6 Å². The van der Waals surface area contributed by atoms with Gasteiger partial charge >= 0.3 is 0 Å². The minimum atomic E-state index is -0.642. The highest BCUT2D eigenvalue weighted by Gasteiger charge is 2.23. The Hall–Kier alpha value is -0.590. The van der Waals surface area contributed by atoms with Crippen LogP contribution >= 0.6 is 18.7 Å². The summed E-state index contributed by atoms with van der Waals surface area (Å²) in [5.41, 5.74) is 2.20. The van der Waals surface area contributed by atoms with Crippen molar-refractivity contribution in [2.75, 3.05) is 10.9 Å². The van der Waals surface area contributed by atoms with Crippen LogP contribution < -0.4 is 4.78 Å². The maximum atomic E-state index is 6.18. The average molecular weight is 213 g/mol. The smallest absolute Gasteiger partial charge is 0.119 e. The maximum absolute atomic E-state index is 6.18. The fourth-order valence-electron chi connectivity index (χ4n) is 1.24. The zero-order valence-corrected chi connectivity index (χ0v) is 8.96. The number of benzene rings is 1. The monoisotopic (exact) mass is 212 g/mol. The number of rotatable bonds is 1. The number of hydrogen-bond donors (Lipinski definition) is 0. The van der Waals surface area contributed by atoms with Crippen molar-refractivity contribution in [1.29, 1.82) is 0 Å². The third-order valence-corrected chi connectivity index (χ3v) is 4.06. The summed E-state index contributed by atoms with van der Waals surface area (Å²) < 4.78 is 1.92. The van der Waals surface area contributed by atoms with Crippen LogP contribution in [0.4, 0.5) is 5.69 Å². The first-order valence-electron chi connectivity index (χ1n) is 4.10. The molecule has 13 heavy (non-hydrogen) atoms. The molecule has 0 aliphatic carbocycles. The summed E-state index contributed by atoms with van der Waals surface area (Å²) >= 11 is 6.18. The first kappa shape index (κ1) is 8.98. The summed E-state index contributed by atoms with van der Waals surface area (Å²) in [6, 6.07) is 10.0.